The molecule has 1 aliphatic rings. The minimum absolute atomic E-state index is 0.123. The number of piperidine rings is 1. The third-order valence-electron chi connectivity index (χ3n) is 3.47. The third kappa shape index (κ3) is 4.23. The molecule has 0 aliphatic carbocycles. The molecule has 114 valence electrons. The van der Waals surface area contributed by atoms with Gasteiger partial charge in [0.2, 0.25) is 0 Å². The highest BCUT2D eigenvalue weighted by Gasteiger charge is 2.11. The molecule has 0 spiro atoms. The van der Waals surface area contributed by atoms with Crippen molar-refractivity contribution in [1.82, 2.24) is 10.4 Å². The average Bonchev–Trinajstić information content (AvgIpc) is 2.53. The summed E-state index contributed by atoms with van der Waals surface area (Å²) < 4.78 is 10.6. The van der Waals surface area contributed by atoms with Crippen molar-refractivity contribution in [2.24, 2.45) is 0 Å². The number of para-hydroxylation sites is 1. The number of ether oxygens (including phenoxy) is 2. The quantitative estimate of drug-likeness (QED) is 0.845. The first-order valence-corrected chi connectivity index (χ1v) is 7.19. The largest absolute Gasteiger partial charge is 0.493 e. The molecule has 0 radical (unpaired) electrons. The Labute approximate surface area is 125 Å². The fraction of sp³-hybridized carbons (Fsp3) is 0.438. The lowest BCUT2D eigenvalue weighted by molar-refractivity contribution is -0.121. The molecule has 21 heavy (non-hydrogen) atoms. The van der Waals surface area contributed by atoms with Crippen LogP contribution >= 0.6 is 0 Å². The summed E-state index contributed by atoms with van der Waals surface area (Å²) in [5.74, 6) is 1.15. The molecule has 0 saturated carbocycles. The van der Waals surface area contributed by atoms with Gasteiger partial charge in [0.25, 0.3) is 5.91 Å². The van der Waals surface area contributed by atoms with E-state index in [9.17, 15) is 4.79 Å². The number of rotatable bonds is 5. The predicted molar refractivity (Wildman–Crippen MR) is 82.1 cm³/mol. The van der Waals surface area contributed by atoms with Crippen molar-refractivity contribution in [3.63, 3.8) is 0 Å². The maximum absolute atomic E-state index is 11.9. The number of nitrogens with one attached hydrogen (secondary N) is 1. The van der Waals surface area contributed by atoms with E-state index in [4.69, 9.17) is 9.47 Å². The van der Waals surface area contributed by atoms with Gasteiger partial charge < -0.3 is 9.47 Å². The van der Waals surface area contributed by atoms with Crippen LogP contribution in [0.15, 0.2) is 24.3 Å². The van der Waals surface area contributed by atoms with Crippen molar-refractivity contribution in [3.8, 4) is 11.5 Å². The van der Waals surface area contributed by atoms with Gasteiger partial charge in [0, 0.05) is 24.7 Å². The van der Waals surface area contributed by atoms with Crippen molar-refractivity contribution in [3.05, 3.63) is 29.8 Å². The van der Waals surface area contributed by atoms with Gasteiger partial charge in [-0.3, -0.25) is 10.2 Å². The Kier molecular flexibility index (Phi) is 5.63. The van der Waals surface area contributed by atoms with E-state index in [2.05, 4.69) is 5.43 Å². The summed E-state index contributed by atoms with van der Waals surface area (Å²) in [7, 11) is 3.18. The average molecular weight is 290 g/mol. The molecule has 1 amide bonds. The van der Waals surface area contributed by atoms with Gasteiger partial charge in [0.15, 0.2) is 11.5 Å². The predicted octanol–water partition coefficient (Wildman–Crippen LogP) is 2.23. The number of nitrogens with zero attached hydrogens (tertiary/aromatic N) is 1. The molecular weight excluding hydrogens is 268 g/mol. The molecule has 0 unspecified atom stereocenters. The number of hydrogen-bond donors (Lipinski definition) is 1. The topological polar surface area (TPSA) is 50.8 Å². The Balaban J connectivity index is 2.01. The zero-order valence-electron chi connectivity index (χ0n) is 12.6. The normalized spacial score (nSPS) is 15.9. The Morgan fingerprint density at radius 2 is 1.95 bits per heavy atom. The van der Waals surface area contributed by atoms with Gasteiger partial charge in [-0.1, -0.05) is 18.6 Å². The number of carbonyl (C=O) groups excluding carboxylic acids is 1. The van der Waals surface area contributed by atoms with Crippen molar-refractivity contribution in [2.45, 2.75) is 19.3 Å². The zero-order chi connectivity index (χ0) is 15.1. The van der Waals surface area contributed by atoms with Crippen molar-refractivity contribution in [1.29, 1.82) is 0 Å². The van der Waals surface area contributed by atoms with Gasteiger partial charge in [-0.05, 0) is 25.0 Å². The van der Waals surface area contributed by atoms with Gasteiger partial charge >= 0.3 is 0 Å². The summed E-state index contributed by atoms with van der Waals surface area (Å²) in [6, 6.07) is 5.57. The Hall–Kier alpha value is -2.01. The molecule has 1 aromatic carbocycles. The van der Waals surface area contributed by atoms with Crippen LogP contribution in [0.4, 0.5) is 0 Å². The van der Waals surface area contributed by atoms with Gasteiger partial charge in [0.05, 0.1) is 14.2 Å². The Morgan fingerprint density at radius 1 is 1.19 bits per heavy atom. The molecule has 1 saturated heterocycles. The molecule has 0 atom stereocenters. The fourth-order valence-electron chi connectivity index (χ4n) is 2.41. The third-order valence-corrected chi connectivity index (χ3v) is 3.47. The van der Waals surface area contributed by atoms with E-state index >= 15 is 0 Å². The summed E-state index contributed by atoms with van der Waals surface area (Å²) in [6.45, 7) is 1.84. The van der Waals surface area contributed by atoms with Crippen LogP contribution in [-0.2, 0) is 4.79 Å². The van der Waals surface area contributed by atoms with E-state index < -0.39 is 0 Å². The maximum Gasteiger partial charge on any atom is 0.258 e. The lowest BCUT2D eigenvalue weighted by atomic mass is 10.1. The summed E-state index contributed by atoms with van der Waals surface area (Å²) in [4.78, 5) is 11.9. The van der Waals surface area contributed by atoms with Crippen LogP contribution in [-0.4, -0.2) is 38.2 Å². The number of amides is 1. The van der Waals surface area contributed by atoms with Crippen LogP contribution in [0.1, 0.15) is 24.8 Å². The summed E-state index contributed by atoms with van der Waals surface area (Å²) >= 11 is 0. The lowest BCUT2D eigenvalue weighted by Crippen LogP contribution is -2.44. The maximum atomic E-state index is 11.9. The van der Waals surface area contributed by atoms with Crippen molar-refractivity contribution in [2.75, 3.05) is 27.3 Å². The highest BCUT2D eigenvalue weighted by molar-refractivity contribution is 5.91. The molecule has 1 fully saturated rings. The minimum atomic E-state index is -0.123. The molecule has 1 aliphatic heterocycles. The number of benzene rings is 1. The van der Waals surface area contributed by atoms with Crippen LogP contribution in [0.25, 0.3) is 6.08 Å². The molecule has 1 N–H and O–H groups in total. The second-order valence-electron chi connectivity index (χ2n) is 4.94. The number of hydrogen-bond acceptors (Lipinski definition) is 4. The van der Waals surface area contributed by atoms with Crippen LogP contribution < -0.4 is 14.9 Å². The number of hydrazine groups is 1. The van der Waals surface area contributed by atoms with E-state index in [1.807, 2.05) is 23.2 Å². The first kappa shape index (κ1) is 15.4. The van der Waals surface area contributed by atoms with Gasteiger partial charge in [-0.25, -0.2) is 5.01 Å². The molecule has 1 heterocycles. The summed E-state index contributed by atoms with van der Waals surface area (Å²) in [6.07, 6.45) is 6.76. The SMILES string of the molecule is COc1cccc(/C=C/C(=O)NN2CCCCC2)c1OC. The Morgan fingerprint density at radius 3 is 2.62 bits per heavy atom. The second-order valence-corrected chi connectivity index (χ2v) is 4.94. The first-order chi connectivity index (χ1) is 10.2. The highest BCUT2D eigenvalue weighted by Crippen LogP contribution is 2.31. The lowest BCUT2D eigenvalue weighted by Gasteiger charge is -2.26. The standard InChI is InChI=1S/C16H22N2O3/c1-20-14-8-6-7-13(16(14)21-2)9-10-15(19)17-18-11-4-3-5-12-18/h6-10H,3-5,11-12H2,1-2H3,(H,17,19)/b10-9+. The van der Waals surface area contributed by atoms with Gasteiger partial charge in [0.1, 0.15) is 0 Å². The molecule has 0 bridgehead atoms. The van der Waals surface area contributed by atoms with Gasteiger partial charge in [-0.2, -0.15) is 0 Å². The van der Waals surface area contributed by atoms with Crippen molar-refractivity contribution >= 4 is 12.0 Å². The van der Waals surface area contributed by atoms with E-state index in [0.717, 1.165) is 31.5 Å². The molecule has 1 aromatic rings. The number of carbonyl (C=O) groups is 1. The fourth-order valence-corrected chi connectivity index (χ4v) is 2.41. The van der Waals surface area contributed by atoms with Crippen LogP contribution in [0.3, 0.4) is 0 Å². The zero-order valence-corrected chi connectivity index (χ0v) is 12.6. The van der Waals surface area contributed by atoms with E-state index in [1.54, 1.807) is 20.3 Å². The molecule has 0 aromatic heterocycles. The second kappa shape index (κ2) is 7.69. The molecule has 2 rings (SSSR count). The van der Waals surface area contributed by atoms with Crippen LogP contribution in [0.2, 0.25) is 0 Å². The summed E-state index contributed by atoms with van der Waals surface area (Å²) in [5.41, 5.74) is 3.70. The smallest absolute Gasteiger partial charge is 0.258 e. The van der Waals surface area contributed by atoms with Crippen molar-refractivity contribution < 1.29 is 14.3 Å². The van der Waals surface area contributed by atoms with Gasteiger partial charge in [-0.15, -0.1) is 0 Å². The monoisotopic (exact) mass is 290 g/mol. The number of methoxy groups -OCH3 is 2. The van der Waals surface area contributed by atoms with Crippen LogP contribution in [0.5, 0.6) is 11.5 Å². The highest BCUT2D eigenvalue weighted by atomic mass is 16.5. The molecule has 5 heteroatoms. The molecule has 5 nitrogen and oxygen atoms in total. The van der Waals surface area contributed by atoms with E-state index in [0.29, 0.717) is 11.5 Å². The minimum Gasteiger partial charge on any atom is -0.493 e. The molecular formula is C16H22N2O3. The van der Waals surface area contributed by atoms with E-state index in [-0.39, 0.29) is 5.91 Å². The summed E-state index contributed by atoms with van der Waals surface area (Å²) in [5, 5.41) is 1.97. The van der Waals surface area contributed by atoms with E-state index in [1.165, 1.54) is 12.5 Å². The Bertz CT molecular complexity index is 508. The van der Waals surface area contributed by atoms with Crippen LogP contribution in [0, 0.1) is 0 Å². The first-order valence-electron chi connectivity index (χ1n) is 7.19.